The fourth-order valence-electron chi connectivity index (χ4n) is 1.85. The largest absolute Gasteiger partial charge is 0.496 e. The molecule has 2 aromatic rings. The number of rotatable bonds is 3. The zero-order valence-electron chi connectivity index (χ0n) is 11.0. The minimum Gasteiger partial charge on any atom is -0.496 e. The molecule has 0 aliphatic rings. The first-order valence-electron chi connectivity index (χ1n) is 5.93. The van der Waals surface area contributed by atoms with Crippen LogP contribution in [0, 0.1) is 12.7 Å². The molecule has 0 heterocycles. The molecule has 0 aliphatic heterocycles. The number of nitrogens with one attached hydrogen (secondary N) is 1. The van der Waals surface area contributed by atoms with Gasteiger partial charge in [0.2, 0.25) is 0 Å². The number of carbonyl (C=O) groups excluding carboxylic acids is 1. The molecule has 1 amide bonds. The molecule has 5 heteroatoms. The van der Waals surface area contributed by atoms with Gasteiger partial charge in [-0.25, -0.2) is 4.39 Å². The maximum atomic E-state index is 13.8. The van der Waals surface area contributed by atoms with Crippen LogP contribution in [0.15, 0.2) is 40.9 Å². The maximum Gasteiger partial charge on any atom is 0.262 e. The topological polar surface area (TPSA) is 38.3 Å². The van der Waals surface area contributed by atoms with Gasteiger partial charge in [0.05, 0.1) is 7.11 Å². The Balaban J connectivity index is 2.33. The van der Waals surface area contributed by atoms with Crippen molar-refractivity contribution in [2.45, 2.75) is 6.92 Å². The van der Waals surface area contributed by atoms with Crippen molar-refractivity contribution in [1.82, 2.24) is 0 Å². The molecule has 0 spiro atoms. The van der Waals surface area contributed by atoms with Gasteiger partial charge in [-0.1, -0.05) is 22.0 Å². The summed E-state index contributed by atoms with van der Waals surface area (Å²) in [6.07, 6.45) is 0. The van der Waals surface area contributed by atoms with Crippen molar-refractivity contribution in [3.63, 3.8) is 0 Å². The number of benzene rings is 2. The number of carbonyl (C=O) groups is 1. The highest BCUT2D eigenvalue weighted by Crippen LogP contribution is 2.24. The van der Waals surface area contributed by atoms with Crippen LogP contribution >= 0.6 is 15.9 Å². The summed E-state index contributed by atoms with van der Waals surface area (Å²) in [6.45, 7) is 1.86. The van der Waals surface area contributed by atoms with Crippen molar-refractivity contribution in [3.05, 3.63) is 57.8 Å². The predicted molar refractivity (Wildman–Crippen MR) is 79.8 cm³/mol. The number of anilines is 1. The van der Waals surface area contributed by atoms with Gasteiger partial charge in [-0.2, -0.15) is 0 Å². The fraction of sp³-hybridized carbons (Fsp3) is 0.133. The first-order valence-corrected chi connectivity index (χ1v) is 6.72. The summed E-state index contributed by atoms with van der Waals surface area (Å²) in [5.74, 6) is -0.945. The van der Waals surface area contributed by atoms with Gasteiger partial charge < -0.3 is 10.1 Å². The second-order valence-electron chi connectivity index (χ2n) is 4.23. The Hall–Kier alpha value is -1.88. The molecule has 0 fully saturated rings. The van der Waals surface area contributed by atoms with Gasteiger partial charge in [0.25, 0.3) is 5.91 Å². The van der Waals surface area contributed by atoms with E-state index < -0.39 is 11.7 Å². The van der Waals surface area contributed by atoms with E-state index in [0.717, 1.165) is 10.0 Å². The van der Waals surface area contributed by atoms with Crippen molar-refractivity contribution in [2.75, 3.05) is 12.4 Å². The van der Waals surface area contributed by atoms with Gasteiger partial charge in [0.15, 0.2) is 0 Å². The second-order valence-corrected chi connectivity index (χ2v) is 5.15. The predicted octanol–water partition coefficient (Wildman–Crippen LogP) is 4.16. The van der Waals surface area contributed by atoms with Gasteiger partial charge in [-0.3, -0.25) is 4.79 Å². The van der Waals surface area contributed by atoms with Crippen molar-refractivity contribution in [2.24, 2.45) is 0 Å². The van der Waals surface area contributed by atoms with Crippen molar-refractivity contribution in [3.8, 4) is 5.75 Å². The Labute approximate surface area is 124 Å². The van der Waals surface area contributed by atoms with Gasteiger partial charge in [0.1, 0.15) is 17.1 Å². The molecular weight excluding hydrogens is 325 g/mol. The summed E-state index contributed by atoms with van der Waals surface area (Å²) in [6, 6.07) is 9.70. The summed E-state index contributed by atoms with van der Waals surface area (Å²) >= 11 is 3.35. The van der Waals surface area contributed by atoms with Gasteiger partial charge in [-0.05, 0) is 42.8 Å². The molecule has 0 saturated carbocycles. The second kappa shape index (κ2) is 6.05. The Morgan fingerprint density at radius 3 is 2.70 bits per heavy atom. The average Bonchev–Trinajstić information content (AvgIpc) is 2.41. The van der Waals surface area contributed by atoms with E-state index in [1.807, 2.05) is 13.0 Å². The summed E-state index contributed by atoms with van der Waals surface area (Å²) in [5.41, 5.74) is 1.41. The molecule has 0 unspecified atom stereocenters. The van der Waals surface area contributed by atoms with Crippen LogP contribution in [-0.4, -0.2) is 13.0 Å². The molecule has 2 rings (SSSR count). The third-order valence-corrected chi connectivity index (χ3v) is 3.35. The number of ether oxygens (including phenoxy) is 1. The number of hydrogen-bond acceptors (Lipinski definition) is 2. The number of halogens is 2. The standard InChI is InChI=1S/C15H13BrFNO2/c1-9-8-10(16)6-7-12(9)18-15(19)14-11(17)4-3-5-13(14)20-2/h3-8H,1-2H3,(H,18,19). The van der Waals surface area contributed by atoms with Crippen LogP contribution in [0.3, 0.4) is 0 Å². The number of hydrogen-bond donors (Lipinski definition) is 1. The maximum absolute atomic E-state index is 13.8. The highest BCUT2D eigenvalue weighted by atomic mass is 79.9. The Morgan fingerprint density at radius 2 is 2.05 bits per heavy atom. The van der Waals surface area contributed by atoms with Crippen LogP contribution in [0.1, 0.15) is 15.9 Å². The van der Waals surface area contributed by atoms with E-state index in [1.165, 1.54) is 19.2 Å². The Bertz CT molecular complexity index is 658. The van der Waals surface area contributed by atoms with Gasteiger partial charge in [-0.15, -0.1) is 0 Å². The lowest BCUT2D eigenvalue weighted by molar-refractivity contribution is 0.102. The molecule has 3 nitrogen and oxygen atoms in total. The molecule has 0 radical (unpaired) electrons. The lowest BCUT2D eigenvalue weighted by atomic mass is 10.1. The molecule has 0 aliphatic carbocycles. The average molecular weight is 338 g/mol. The normalized spacial score (nSPS) is 10.2. The lowest BCUT2D eigenvalue weighted by Gasteiger charge is -2.12. The number of methoxy groups -OCH3 is 1. The molecule has 20 heavy (non-hydrogen) atoms. The summed E-state index contributed by atoms with van der Waals surface area (Å²) in [4.78, 5) is 12.2. The fourth-order valence-corrected chi connectivity index (χ4v) is 2.32. The molecular formula is C15H13BrFNO2. The van der Waals surface area contributed by atoms with Crippen LogP contribution in [0.25, 0.3) is 0 Å². The van der Waals surface area contributed by atoms with Crippen LogP contribution in [0.4, 0.5) is 10.1 Å². The van der Waals surface area contributed by atoms with Crippen molar-refractivity contribution >= 4 is 27.5 Å². The Morgan fingerprint density at radius 1 is 1.30 bits per heavy atom. The summed E-state index contributed by atoms with van der Waals surface area (Å²) in [5, 5.41) is 2.69. The first-order chi connectivity index (χ1) is 9.52. The highest BCUT2D eigenvalue weighted by Gasteiger charge is 2.18. The molecule has 0 bridgehead atoms. The third kappa shape index (κ3) is 2.99. The lowest BCUT2D eigenvalue weighted by Crippen LogP contribution is -2.15. The SMILES string of the molecule is COc1cccc(F)c1C(=O)Nc1ccc(Br)cc1C. The summed E-state index contributed by atoms with van der Waals surface area (Å²) in [7, 11) is 1.40. The van der Waals surface area contributed by atoms with Gasteiger partial charge >= 0.3 is 0 Å². The van der Waals surface area contributed by atoms with Gasteiger partial charge in [0, 0.05) is 10.2 Å². The minimum absolute atomic E-state index is 0.0997. The van der Waals surface area contributed by atoms with Crippen molar-refractivity contribution in [1.29, 1.82) is 0 Å². The van der Waals surface area contributed by atoms with Crippen molar-refractivity contribution < 1.29 is 13.9 Å². The van der Waals surface area contributed by atoms with E-state index >= 15 is 0 Å². The Kier molecular flexibility index (Phi) is 4.39. The first kappa shape index (κ1) is 14.5. The van der Waals surface area contributed by atoms with E-state index in [1.54, 1.807) is 18.2 Å². The smallest absolute Gasteiger partial charge is 0.262 e. The zero-order valence-corrected chi connectivity index (χ0v) is 12.6. The molecule has 2 aromatic carbocycles. The molecule has 0 saturated heterocycles. The minimum atomic E-state index is -0.614. The molecule has 0 aromatic heterocycles. The number of aryl methyl sites for hydroxylation is 1. The van der Waals surface area contributed by atoms with Crippen LogP contribution in [-0.2, 0) is 0 Å². The van der Waals surface area contributed by atoms with E-state index in [0.29, 0.717) is 5.69 Å². The zero-order chi connectivity index (χ0) is 14.7. The van der Waals surface area contributed by atoms with E-state index in [9.17, 15) is 9.18 Å². The number of amides is 1. The van der Waals surface area contributed by atoms with Crippen LogP contribution < -0.4 is 10.1 Å². The monoisotopic (exact) mass is 337 g/mol. The highest BCUT2D eigenvalue weighted by molar-refractivity contribution is 9.10. The molecule has 104 valence electrons. The third-order valence-electron chi connectivity index (χ3n) is 2.86. The molecule has 0 atom stereocenters. The van der Waals surface area contributed by atoms with Crippen LogP contribution in [0.5, 0.6) is 5.75 Å². The van der Waals surface area contributed by atoms with E-state index in [2.05, 4.69) is 21.2 Å². The van der Waals surface area contributed by atoms with Crippen LogP contribution in [0.2, 0.25) is 0 Å². The summed E-state index contributed by atoms with van der Waals surface area (Å²) < 4.78 is 19.7. The van der Waals surface area contributed by atoms with E-state index in [-0.39, 0.29) is 11.3 Å². The molecule has 1 N–H and O–H groups in total. The quantitative estimate of drug-likeness (QED) is 0.913. The van der Waals surface area contributed by atoms with E-state index in [4.69, 9.17) is 4.74 Å².